The number of ether oxygens (including phenoxy) is 1. The van der Waals surface area contributed by atoms with E-state index in [1.807, 2.05) is 30.3 Å². The molecule has 1 N–H and O–H groups in total. The Balaban J connectivity index is 1.64. The van der Waals surface area contributed by atoms with Gasteiger partial charge in [0.15, 0.2) is 0 Å². The molecule has 0 saturated carbocycles. The molecule has 2 fully saturated rings. The Labute approximate surface area is 142 Å². The number of sulfonamides is 1. The van der Waals surface area contributed by atoms with Gasteiger partial charge < -0.3 is 15.0 Å². The van der Waals surface area contributed by atoms with Crippen molar-refractivity contribution in [1.82, 2.24) is 9.21 Å². The molecule has 0 radical (unpaired) electrons. The third kappa shape index (κ3) is 3.88. The number of nitrogens with zero attached hydrogens (tertiary/aromatic N) is 2. The zero-order chi connectivity index (χ0) is 17.0. The van der Waals surface area contributed by atoms with E-state index >= 15 is 0 Å². The number of rotatable bonds is 3. The molecule has 8 heteroatoms. The lowest BCUT2D eigenvalue weighted by atomic mass is 10.1. The predicted molar refractivity (Wildman–Crippen MR) is 91.4 cm³/mol. The molecule has 132 valence electrons. The van der Waals surface area contributed by atoms with Crippen LogP contribution in [0.25, 0.3) is 0 Å². The molecule has 1 atom stereocenters. The van der Waals surface area contributed by atoms with Crippen LogP contribution in [0, 0.1) is 0 Å². The van der Waals surface area contributed by atoms with Crippen LogP contribution < -0.4 is 5.32 Å². The number of piperidine rings is 1. The van der Waals surface area contributed by atoms with Crippen LogP contribution >= 0.6 is 0 Å². The van der Waals surface area contributed by atoms with Gasteiger partial charge in [-0.3, -0.25) is 0 Å². The molecule has 0 aliphatic carbocycles. The van der Waals surface area contributed by atoms with Gasteiger partial charge in [0.2, 0.25) is 10.0 Å². The number of urea groups is 1. The number of benzene rings is 1. The molecule has 0 bridgehead atoms. The van der Waals surface area contributed by atoms with Crippen LogP contribution in [-0.4, -0.2) is 68.3 Å². The zero-order valence-electron chi connectivity index (χ0n) is 13.6. The highest BCUT2D eigenvalue weighted by molar-refractivity contribution is 7.89. The topological polar surface area (TPSA) is 79.0 Å². The van der Waals surface area contributed by atoms with E-state index in [-0.39, 0.29) is 12.6 Å². The smallest absolute Gasteiger partial charge is 0.321 e. The molecule has 1 aromatic carbocycles. The zero-order valence-corrected chi connectivity index (χ0v) is 14.4. The third-order valence-corrected chi connectivity index (χ3v) is 6.75. The molecular formula is C16H23N3O4S. The minimum absolute atomic E-state index is 0.234. The van der Waals surface area contributed by atoms with Gasteiger partial charge in [0.05, 0.1) is 18.5 Å². The summed E-state index contributed by atoms with van der Waals surface area (Å²) in [6, 6.07) is 8.94. The van der Waals surface area contributed by atoms with E-state index in [4.69, 9.17) is 4.74 Å². The maximum absolute atomic E-state index is 12.8. The molecule has 1 aromatic rings. The summed E-state index contributed by atoms with van der Waals surface area (Å²) >= 11 is 0. The Morgan fingerprint density at radius 3 is 2.54 bits per heavy atom. The Morgan fingerprint density at radius 2 is 1.83 bits per heavy atom. The third-order valence-electron chi connectivity index (χ3n) is 4.44. The second-order valence-corrected chi connectivity index (χ2v) is 8.28. The SMILES string of the molecule is O=C(Nc1ccccc1)N1CCCC(S(=O)(=O)N2CCOCC2)C1. The summed E-state index contributed by atoms with van der Waals surface area (Å²) in [5, 5.41) is 2.29. The van der Waals surface area contributed by atoms with Gasteiger partial charge in [0.25, 0.3) is 0 Å². The van der Waals surface area contributed by atoms with Crippen LogP contribution in [0.5, 0.6) is 0 Å². The largest absolute Gasteiger partial charge is 0.379 e. The number of anilines is 1. The predicted octanol–water partition coefficient (Wildman–Crippen LogP) is 1.34. The lowest BCUT2D eigenvalue weighted by Gasteiger charge is -2.36. The van der Waals surface area contributed by atoms with Crippen LogP contribution in [0.3, 0.4) is 0 Å². The average Bonchev–Trinajstić information content (AvgIpc) is 2.63. The van der Waals surface area contributed by atoms with E-state index in [1.165, 1.54) is 4.31 Å². The Morgan fingerprint density at radius 1 is 1.12 bits per heavy atom. The van der Waals surface area contributed by atoms with Gasteiger partial charge in [0, 0.05) is 31.9 Å². The average molecular weight is 353 g/mol. The lowest BCUT2D eigenvalue weighted by molar-refractivity contribution is 0.0721. The fourth-order valence-electron chi connectivity index (χ4n) is 3.10. The molecule has 3 rings (SSSR count). The highest BCUT2D eigenvalue weighted by Crippen LogP contribution is 2.22. The number of carbonyl (C=O) groups excluding carboxylic acids is 1. The van der Waals surface area contributed by atoms with E-state index < -0.39 is 15.3 Å². The number of para-hydroxylation sites is 1. The lowest BCUT2D eigenvalue weighted by Crippen LogP contribution is -2.52. The van der Waals surface area contributed by atoms with Gasteiger partial charge in [-0.25, -0.2) is 13.2 Å². The number of hydrogen-bond acceptors (Lipinski definition) is 4. The molecule has 2 aliphatic heterocycles. The van der Waals surface area contributed by atoms with Gasteiger partial charge >= 0.3 is 6.03 Å². The second-order valence-electron chi connectivity index (χ2n) is 6.06. The summed E-state index contributed by atoms with van der Waals surface area (Å²) in [5.41, 5.74) is 0.709. The highest BCUT2D eigenvalue weighted by Gasteiger charge is 2.37. The standard InChI is InChI=1S/C16H23N3O4S/c20-16(17-14-5-2-1-3-6-14)18-8-4-7-15(13-18)24(21,22)19-9-11-23-12-10-19/h1-3,5-6,15H,4,7-13H2,(H,17,20). The number of amides is 2. The van der Waals surface area contributed by atoms with Crippen LogP contribution in [0.1, 0.15) is 12.8 Å². The van der Waals surface area contributed by atoms with Gasteiger partial charge in [0.1, 0.15) is 0 Å². The fourth-order valence-corrected chi connectivity index (χ4v) is 5.01. The van der Waals surface area contributed by atoms with Crippen LogP contribution in [-0.2, 0) is 14.8 Å². The summed E-state index contributed by atoms with van der Waals surface area (Å²) in [6.45, 7) is 2.48. The molecule has 0 spiro atoms. The summed E-state index contributed by atoms with van der Waals surface area (Å²) in [6.07, 6.45) is 1.28. The van der Waals surface area contributed by atoms with Crippen molar-refractivity contribution in [2.45, 2.75) is 18.1 Å². The maximum Gasteiger partial charge on any atom is 0.321 e. The molecule has 24 heavy (non-hydrogen) atoms. The van der Waals surface area contributed by atoms with Crippen molar-refractivity contribution < 1.29 is 17.9 Å². The van der Waals surface area contributed by atoms with Crippen molar-refractivity contribution in [3.63, 3.8) is 0 Å². The van der Waals surface area contributed by atoms with Crippen LogP contribution in [0.4, 0.5) is 10.5 Å². The monoisotopic (exact) mass is 353 g/mol. The second kappa shape index (κ2) is 7.50. The first kappa shape index (κ1) is 17.2. The number of likely N-dealkylation sites (tertiary alicyclic amines) is 1. The number of carbonyl (C=O) groups is 1. The van der Waals surface area contributed by atoms with E-state index in [9.17, 15) is 13.2 Å². The summed E-state index contributed by atoms with van der Waals surface area (Å²) < 4.78 is 32.3. The van der Waals surface area contributed by atoms with Gasteiger partial charge in [-0.2, -0.15) is 4.31 Å². The molecule has 0 aromatic heterocycles. The number of morpholine rings is 1. The van der Waals surface area contributed by atoms with E-state index in [1.54, 1.807) is 4.90 Å². The molecule has 2 amide bonds. The van der Waals surface area contributed by atoms with E-state index in [0.717, 1.165) is 0 Å². The molecule has 2 saturated heterocycles. The van der Waals surface area contributed by atoms with Crippen molar-refractivity contribution in [2.75, 3.05) is 44.7 Å². The summed E-state index contributed by atoms with van der Waals surface area (Å²) in [4.78, 5) is 14.0. The first-order chi connectivity index (χ1) is 11.6. The van der Waals surface area contributed by atoms with E-state index in [2.05, 4.69) is 5.32 Å². The van der Waals surface area contributed by atoms with Gasteiger partial charge in [-0.05, 0) is 25.0 Å². The quantitative estimate of drug-likeness (QED) is 0.889. The first-order valence-corrected chi connectivity index (χ1v) is 9.75. The van der Waals surface area contributed by atoms with Gasteiger partial charge in [-0.15, -0.1) is 0 Å². The van der Waals surface area contributed by atoms with E-state index in [0.29, 0.717) is 51.4 Å². The number of hydrogen-bond donors (Lipinski definition) is 1. The van der Waals surface area contributed by atoms with Crippen LogP contribution in [0.2, 0.25) is 0 Å². The Bertz CT molecular complexity index is 659. The minimum atomic E-state index is -3.39. The highest BCUT2D eigenvalue weighted by atomic mass is 32.2. The Hall–Kier alpha value is -1.64. The molecule has 2 heterocycles. The molecular weight excluding hydrogens is 330 g/mol. The Kier molecular flexibility index (Phi) is 5.37. The van der Waals surface area contributed by atoms with Gasteiger partial charge in [-0.1, -0.05) is 18.2 Å². The summed E-state index contributed by atoms with van der Waals surface area (Å²) in [5.74, 6) is 0. The normalized spacial score (nSPS) is 23.0. The van der Waals surface area contributed by atoms with Crippen molar-refractivity contribution >= 4 is 21.7 Å². The van der Waals surface area contributed by atoms with Crippen molar-refractivity contribution in [3.8, 4) is 0 Å². The number of nitrogens with one attached hydrogen (secondary N) is 1. The molecule has 7 nitrogen and oxygen atoms in total. The van der Waals surface area contributed by atoms with Crippen molar-refractivity contribution in [3.05, 3.63) is 30.3 Å². The fraction of sp³-hybridized carbons (Fsp3) is 0.562. The minimum Gasteiger partial charge on any atom is -0.379 e. The molecule has 1 unspecified atom stereocenters. The first-order valence-electron chi connectivity index (χ1n) is 8.25. The molecule has 2 aliphatic rings. The van der Waals surface area contributed by atoms with Crippen molar-refractivity contribution in [2.24, 2.45) is 0 Å². The van der Waals surface area contributed by atoms with Crippen molar-refractivity contribution in [1.29, 1.82) is 0 Å². The maximum atomic E-state index is 12.8. The van der Waals surface area contributed by atoms with Crippen LogP contribution in [0.15, 0.2) is 30.3 Å². The summed E-state index contributed by atoms with van der Waals surface area (Å²) in [7, 11) is -3.39.